The Morgan fingerprint density at radius 2 is 2.05 bits per heavy atom. The second kappa shape index (κ2) is 4.65. The molecule has 96 valence electrons. The van der Waals surface area contributed by atoms with Gasteiger partial charge < -0.3 is 10.5 Å². The van der Waals surface area contributed by atoms with Crippen LogP contribution in [0, 0.1) is 6.92 Å². The number of nitrogens with zero attached hydrogens (tertiary/aromatic N) is 2. The van der Waals surface area contributed by atoms with Crippen LogP contribution in [0.2, 0.25) is 0 Å². The van der Waals surface area contributed by atoms with Gasteiger partial charge in [0.25, 0.3) is 0 Å². The molecule has 0 aliphatic heterocycles. The van der Waals surface area contributed by atoms with Crippen LogP contribution in [0.5, 0.6) is 5.75 Å². The van der Waals surface area contributed by atoms with Crippen LogP contribution >= 0.6 is 0 Å². The maximum absolute atomic E-state index is 5.83. The number of nitrogens with two attached hydrogens (primary N) is 1. The van der Waals surface area contributed by atoms with Crippen molar-refractivity contribution in [1.29, 1.82) is 0 Å². The van der Waals surface area contributed by atoms with Crippen LogP contribution in [0.25, 0.3) is 5.65 Å². The predicted octanol–water partition coefficient (Wildman–Crippen LogP) is 2.80. The Bertz CT molecular complexity index is 718. The molecule has 0 saturated carbocycles. The molecule has 0 saturated heterocycles. The van der Waals surface area contributed by atoms with Gasteiger partial charge in [-0.1, -0.05) is 18.2 Å². The van der Waals surface area contributed by atoms with E-state index >= 15 is 0 Å². The van der Waals surface area contributed by atoms with E-state index in [9.17, 15) is 0 Å². The van der Waals surface area contributed by atoms with Gasteiger partial charge in [-0.05, 0) is 30.7 Å². The molecule has 3 rings (SSSR count). The van der Waals surface area contributed by atoms with Crippen molar-refractivity contribution in [3.05, 3.63) is 60.0 Å². The van der Waals surface area contributed by atoms with E-state index in [2.05, 4.69) is 4.98 Å². The minimum atomic E-state index is 0.468. The summed E-state index contributed by atoms with van der Waals surface area (Å²) in [5.74, 6) is 0.890. The lowest BCUT2D eigenvalue weighted by Gasteiger charge is -2.08. The highest BCUT2D eigenvalue weighted by atomic mass is 16.5. The van der Waals surface area contributed by atoms with E-state index in [0.29, 0.717) is 12.3 Å². The van der Waals surface area contributed by atoms with Crippen molar-refractivity contribution in [2.75, 3.05) is 5.73 Å². The van der Waals surface area contributed by atoms with Gasteiger partial charge in [0.1, 0.15) is 18.0 Å². The number of aromatic nitrogens is 2. The van der Waals surface area contributed by atoms with Gasteiger partial charge >= 0.3 is 0 Å². The Morgan fingerprint density at radius 1 is 1.21 bits per heavy atom. The number of rotatable bonds is 3. The third kappa shape index (κ3) is 2.25. The molecule has 0 aliphatic carbocycles. The van der Waals surface area contributed by atoms with Gasteiger partial charge in [-0.3, -0.25) is 4.40 Å². The highest BCUT2D eigenvalue weighted by Gasteiger charge is 2.05. The number of ether oxygens (including phenoxy) is 1. The number of para-hydroxylation sites is 1. The second-order valence-electron chi connectivity index (χ2n) is 4.49. The zero-order valence-electron chi connectivity index (χ0n) is 10.7. The minimum absolute atomic E-state index is 0.468. The molecule has 0 atom stereocenters. The average Bonchev–Trinajstić information content (AvgIpc) is 2.80. The Labute approximate surface area is 111 Å². The molecule has 0 bridgehead atoms. The van der Waals surface area contributed by atoms with Crippen molar-refractivity contribution in [3.63, 3.8) is 0 Å². The molecule has 4 heteroatoms. The zero-order chi connectivity index (χ0) is 13.2. The largest absolute Gasteiger partial charge is 0.487 e. The van der Waals surface area contributed by atoms with Crippen LogP contribution in [-0.4, -0.2) is 9.38 Å². The van der Waals surface area contributed by atoms with Gasteiger partial charge in [0.05, 0.1) is 11.9 Å². The first-order valence-electron chi connectivity index (χ1n) is 6.14. The fraction of sp³-hybridized carbons (Fsp3) is 0.133. The number of nitrogen functional groups attached to an aromatic ring is 1. The number of aryl methyl sites for hydroxylation is 1. The van der Waals surface area contributed by atoms with E-state index in [1.165, 1.54) is 0 Å². The highest BCUT2D eigenvalue weighted by Crippen LogP contribution is 2.18. The topological polar surface area (TPSA) is 52.5 Å². The summed E-state index contributed by atoms with van der Waals surface area (Å²) >= 11 is 0. The number of fused-ring (bicyclic) bond motifs is 1. The fourth-order valence-electron chi connectivity index (χ4n) is 2.02. The molecular formula is C15H15N3O. The average molecular weight is 253 g/mol. The van der Waals surface area contributed by atoms with Gasteiger partial charge in [-0.15, -0.1) is 0 Å². The Kier molecular flexibility index (Phi) is 2.83. The Balaban J connectivity index is 1.86. The Hall–Kier alpha value is -2.49. The summed E-state index contributed by atoms with van der Waals surface area (Å²) in [6.07, 6.45) is 3.67. The lowest BCUT2D eigenvalue weighted by Crippen LogP contribution is -2.01. The number of imidazole rings is 1. The smallest absolute Gasteiger partial charge is 0.137 e. The molecule has 0 aliphatic rings. The maximum atomic E-state index is 5.83. The van der Waals surface area contributed by atoms with Gasteiger partial charge in [-0.2, -0.15) is 0 Å². The van der Waals surface area contributed by atoms with Crippen LogP contribution < -0.4 is 10.5 Å². The molecule has 2 aromatic heterocycles. The van der Waals surface area contributed by atoms with Crippen molar-refractivity contribution < 1.29 is 4.74 Å². The fourth-order valence-corrected chi connectivity index (χ4v) is 2.02. The van der Waals surface area contributed by atoms with E-state index < -0.39 is 0 Å². The lowest BCUT2D eigenvalue weighted by atomic mass is 10.2. The maximum Gasteiger partial charge on any atom is 0.137 e. The number of pyridine rings is 1. The van der Waals surface area contributed by atoms with Crippen molar-refractivity contribution in [2.45, 2.75) is 13.5 Å². The van der Waals surface area contributed by atoms with Gasteiger partial charge in [0.15, 0.2) is 0 Å². The molecule has 0 spiro atoms. The number of hydrogen-bond acceptors (Lipinski definition) is 3. The SMILES string of the molecule is Cc1ccccc1OCc1cnc2ccc(N)cn12. The zero-order valence-corrected chi connectivity index (χ0v) is 10.7. The molecule has 2 N–H and O–H groups in total. The second-order valence-corrected chi connectivity index (χ2v) is 4.49. The quantitative estimate of drug-likeness (QED) is 0.781. The first-order chi connectivity index (χ1) is 9.24. The standard InChI is InChI=1S/C15H15N3O/c1-11-4-2-3-5-14(11)19-10-13-8-17-15-7-6-12(16)9-18(13)15/h2-9H,10,16H2,1H3. The molecule has 0 radical (unpaired) electrons. The predicted molar refractivity (Wildman–Crippen MR) is 75.1 cm³/mol. The van der Waals surface area contributed by atoms with Crippen molar-refractivity contribution in [1.82, 2.24) is 9.38 Å². The summed E-state index contributed by atoms with van der Waals surface area (Å²) < 4.78 is 7.78. The van der Waals surface area contributed by atoms with E-state index in [-0.39, 0.29) is 0 Å². The summed E-state index contributed by atoms with van der Waals surface area (Å²) in [7, 11) is 0. The van der Waals surface area contributed by atoms with Crippen molar-refractivity contribution in [3.8, 4) is 5.75 Å². The van der Waals surface area contributed by atoms with Crippen LogP contribution in [0.1, 0.15) is 11.3 Å². The molecule has 4 nitrogen and oxygen atoms in total. The van der Waals surface area contributed by atoms with Gasteiger partial charge in [0, 0.05) is 11.9 Å². The summed E-state index contributed by atoms with van der Waals surface area (Å²) in [5, 5.41) is 0. The lowest BCUT2D eigenvalue weighted by molar-refractivity contribution is 0.298. The van der Waals surface area contributed by atoms with Crippen LogP contribution in [-0.2, 0) is 6.61 Å². The first kappa shape index (κ1) is 11.6. The van der Waals surface area contributed by atoms with Crippen molar-refractivity contribution >= 4 is 11.3 Å². The molecule has 0 fully saturated rings. The summed E-state index contributed by atoms with van der Waals surface area (Å²) in [4.78, 5) is 4.32. The van der Waals surface area contributed by atoms with Crippen LogP contribution in [0.15, 0.2) is 48.8 Å². The molecule has 19 heavy (non-hydrogen) atoms. The van der Waals surface area contributed by atoms with E-state index in [1.807, 2.05) is 60.1 Å². The minimum Gasteiger partial charge on any atom is -0.487 e. The molecule has 0 amide bonds. The third-order valence-corrected chi connectivity index (χ3v) is 3.07. The molecule has 0 unspecified atom stereocenters. The number of anilines is 1. The number of benzene rings is 1. The van der Waals surface area contributed by atoms with E-state index in [4.69, 9.17) is 10.5 Å². The highest BCUT2D eigenvalue weighted by molar-refractivity contribution is 5.48. The van der Waals surface area contributed by atoms with Crippen molar-refractivity contribution in [2.24, 2.45) is 0 Å². The van der Waals surface area contributed by atoms with E-state index in [1.54, 1.807) is 0 Å². The Morgan fingerprint density at radius 3 is 2.89 bits per heavy atom. The van der Waals surface area contributed by atoms with Gasteiger partial charge in [0.2, 0.25) is 0 Å². The van der Waals surface area contributed by atoms with Crippen LogP contribution in [0.4, 0.5) is 5.69 Å². The first-order valence-corrected chi connectivity index (χ1v) is 6.14. The summed E-state index contributed by atoms with van der Waals surface area (Å²) in [5.41, 5.74) is 9.48. The van der Waals surface area contributed by atoms with E-state index in [0.717, 1.165) is 22.7 Å². The summed E-state index contributed by atoms with van der Waals surface area (Å²) in [6.45, 7) is 2.50. The molecule has 3 aromatic rings. The summed E-state index contributed by atoms with van der Waals surface area (Å²) in [6, 6.07) is 11.7. The molecule has 2 heterocycles. The molecule has 1 aromatic carbocycles. The van der Waals surface area contributed by atoms with Gasteiger partial charge in [-0.25, -0.2) is 4.98 Å². The van der Waals surface area contributed by atoms with Crippen LogP contribution in [0.3, 0.4) is 0 Å². The molecular weight excluding hydrogens is 238 g/mol. The third-order valence-electron chi connectivity index (χ3n) is 3.07. The monoisotopic (exact) mass is 253 g/mol. The number of hydrogen-bond donors (Lipinski definition) is 1. The normalized spacial score (nSPS) is 10.8.